The Balaban J connectivity index is 1.43. The smallest absolute Gasteiger partial charge is 0.410 e. The molecular weight excluding hydrogens is 594 g/mol. The summed E-state index contributed by atoms with van der Waals surface area (Å²) in [4.78, 5) is 43.4. The fraction of sp³-hybridized carbons (Fsp3) is 0.469. The lowest BCUT2D eigenvalue weighted by Crippen LogP contribution is -2.55. The van der Waals surface area contributed by atoms with E-state index in [1.54, 1.807) is 36.4 Å². The first-order valence-corrected chi connectivity index (χ1v) is 15.0. The van der Waals surface area contributed by atoms with E-state index in [9.17, 15) is 27.6 Å². The van der Waals surface area contributed by atoms with E-state index >= 15 is 4.39 Å². The Morgan fingerprint density at radius 3 is 2.38 bits per heavy atom. The number of carbonyl (C=O) groups is 3. The standard InChI is InChI=1S/C32H37F4N5O4/c1-19-17-41(18-20(2)39(19)3)28-15-26(33)23(21-9-11-40(12-10-21)31(44)45-22-7-5-4-6-8-22)13-27(28)38-30(43)24-16-37-29(42)14-25(24)32(34,35)36/h4-9,13,15,19-20,24-25H,10-12,14,16-18H2,1-3H3,(H,37,42)(H,38,43)/t19-,20+,24?,25?. The monoisotopic (exact) mass is 631 g/mol. The highest BCUT2D eigenvalue weighted by atomic mass is 19.4. The second-order valence-electron chi connectivity index (χ2n) is 12.0. The highest BCUT2D eigenvalue weighted by Crippen LogP contribution is 2.39. The van der Waals surface area contributed by atoms with Gasteiger partial charge in [-0.05, 0) is 57.2 Å². The van der Waals surface area contributed by atoms with Crippen LogP contribution in [-0.2, 0) is 9.59 Å². The Morgan fingerprint density at radius 2 is 1.76 bits per heavy atom. The van der Waals surface area contributed by atoms with Gasteiger partial charge in [0.1, 0.15) is 11.6 Å². The number of likely N-dealkylation sites (N-methyl/N-ethyl adjacent to an activating group) is 1. The Kier molecular flexibility index (Phi) is 9.38. The van der Waals surface area contributed by atoms with Crippen molar-refractivity contribution in [3.8, 4) is 5.75 Å². The average Bonchev–Trinajstić information content (AvgIpc) is 3.00. The molecule has 2 unspecified atom stereocenters. The minimum atomic E-state index is -4.75. The second kappa shape index (κ2) is 13.1. The van der Waals surface area contributed by atoms with Crippen LogP contribution in [-0.4, -0.2) is 85.7 Å². The largest absolute Gasteiger partial charge is 0.415 e. The lowest BCUT2D eigenvalue weighted by atomic mass is 9.84. The zero-order valence-corrected chi connectivity index (χ0v) is 25.4. The molecule has 0 aromatic heterocycles. The van der Waals surface area contributed by atoms with Crippen molar-refractivity contribution in [1.82, 2.24) is 15.1 Å². The minimum Gasteiger partial charge on any atom is -0.410 e. The number of anilines is 2. The third kappa shape index (κ3) is 7.24. The maximum absolute atomic E-state index is 15.8. The van der Waals surface area contributed by atoms with Gasteiger partial charge in [0.15, 0.2) is 0 Å². The molecule has 0 spiro atoms. The summed E-state index contributed by atoms with van der Waals surface area (Å²) in [5, 5.41) is 5.04. The number of ether oxygens (including phenoxy) is 1. The van der Waals surface area contributed by atoms with E-state index in [-0.39, 0.29) is 36.4 Å². The number of piperazine rings is 1. The number of piperidine rings is 1. The van der Waals surface area contributed by atoms with Crippen LogP contribution in [0.3, 0.4) is 0 Å². The number of nitrogens with zero attached hydrogens (tertiary/aromatic N) is 3. The van der Waals surface area contributed by atoms with Gasteiger partial charge in [-0.2, -0.15) is 13.2 Å². The molecule has 2 aromatic rings. The first kappa shape index (κ1) is 32.3. The van der Waals surface area contributed by atoms with Crippen LogP contribution in [0.1, 0.15) is 32.3 Å². The van der Waals surface area contributed by atoms with Crippen molar-refractivity contribution in [3.05, 3.63) is 59.9 Å². The second-order valence-corrected chi connectivity index (χ2v) is 12.0. The van der Waals surface area contributed by atoms with E-state index in [1.807, 2.05) is 25.8 Å². The molecule has 0 saturated carbocycles. The quantitative estimate of drug-likeness (QED) is 0.457. The molecule has 2 aromatic carbocycles. The fourth-order valence-electron chi connectivity index (χ4n) is 6.13. The van der Waals surface area contributed by atoms with E-state index < -0.39 is 54.7 Å². The van der Waals surface area contributed by atoms with Crippen LogP contribution in [0.15, 0.2) is 48.5 Å². The molecule has 2 saturated heterocycles. The van der Waals surface area contributed by atoms with Crippen LogP contribution in [0.25, 0.3) is 5.57 Å². The number of hydrogen-bond donors (Lipinski definition) is 2. The molecule has 0 radical (unpaired) electrons. The lowest BCUT2D eigenvalue weighted by Gasteiger charge is -2.44. The van der Waals surface area contributed by atoms with Gasteiger partial charge in [0.05, 0.1) is 23.2 Å². The van der Waals surface area contributed by atoms with Gasteiger partial charge >= 0.3 is 12.3 Å². The molecule has 5 rings (SSSR count). The van der Waals surface area contributed by atoms with Gasteiger partial charge < -0.3 is 25.2 Å². The molecule has 242 valence electrons. The van der Waals surface area contributed by atoms with E-state index in [1.165, 1.54) is 17.0 Å². The molecule has 9 nitrogen and oxygen atoms in total. The highest BCUT2D eigenvalue weighted by molar-refractivity contribution is 5.98. The molecule has 0 bridgehead atoms. The molecule has 3 aliphatic heterocycles. The van der Waals surface area contributed by atoms with Gasteiger partial charge in [0.2, 0.25) is 11.8 Å². The van der Waals surface area contributed by atoms with Gasteiger partial charge in [0, 0.05) is 56.8 Å². The minimum absolute atomic E-state index is 0.0888. The molecule has 4 atom stereocenters. The number of alkyl halides is 3. The number of rotatable bonds is 5. The molecule has 13 heteroatoms. The van der Waals surface area contributed by atoms with Gasteiger partial charge in [-0.3, -0.25) is 14.5 Å². The number of amides is 3. The third-order valence-corrected chi connectivity index (χ3v) is 8.97. The van der Waals surface area contributed by atoms with E-state index in [0.717, 1.165) is 0 Å². The van der Waals surface area contributed by atoms with Crippen LogP contribution in [0, 0.1) is 17.7 Å². The summed E-state index contributed by atoms with van der Waals surface area (Å²) >= 11 is 0. The molecule has 3 heterocycles. The molecule has 0 aliphatic carbocycles. The zero-order valence-electron chi connectivity index (χ0n) is 25.4. The van der Waals surface area contributed by atoms with Gasteiger partial charge in [-0.15, -0.1) is 0 Å². The first-order valence-electron chi connectivity index (χ1n) is 15.0. The predicted octanol–water partition coefficient (Wildman–Crippen LogP) is 4.90. The van der Waals surface area contributed by atoms with Gasteiger partial charge in [-0.1, -0.05) is 24.3 Å². The summed E-state index contributed by atoms with van der Waals surface area (Å²) in [7, 11) is 1.99. The number of hydrogen-bond acceptors (Lipinski definition) is 6. The summed E-state index contributed by atoms with van der Waals surface area (Å²) in [6.45, 7) is 5.01. The van der Waals surface area contributed by atoms with Crippen LogP contribution >= 0.6 is 0 Å². The Hall–Kier alpha value is -4.13. The molecule has 45 heavy (non-hydrogen) atoms. The van der Waals surface area contributed by atoms with Gasteiger partial charge in [0.25, 0.3) is 0 Å². The molecule has 3 amide bonds. The van der Waals surface area contributed by atoms with Crippen molar-refractivity contribution in [1.29, 1.82) is 0 Å². The third-order valence-electron chi connectivity index (χ3n) is 8.97. The molecule has 2 fully saturated rings. The average molecular weight is 632 g/mol. The molecular formula is C32H37F4N5O4. The van der Waals surface area contributed by atoms with E-state index in [2.05, 4.69) is 15.5 Å². The maximum Gasteiger partial charge on any atom is 0.415 e. The predicted molar refractivity (Wildman–Crippen MR) is 161 cm³/mol. The summed E-state index contributed by atoms with van der Waals surface area (Å²) in [5.41, 5.74) is 1.33. The van der Waals surface area contributed by atoms with Crippen molar-refractivity contribution in [2.45, 2.75) is 44.9 Å². The number of halogens is 4. The summed E-state index contributed by atoms with van der Waals surface area (Å²) in [6.07, 6.45) is -4.14. The van der Waals surface area contributed by atoms with Gasteiger partial charge in [-0.25, -0.2) is 9.18 Å². The van der Waals surface area contributed by atoms with E-state index in [0.29, 0.717) is 36.5 Å². The Morgan fingerprint density at radius 1 is 1.07 bits per heavy atom. The van der Waals surface area contributed by atoms with Crippen LogP contribution < -0.4 is 20.3 Å². The summed E-state index contributed by atoms with van der Waals surface area (Å²) in [5.74, 6) is -5.51. The topological polar surface area (TPSA) is 94.2 Å². The van der Waals surface area contributed by atoms with E-state index in [4.69, 9.17) is 4.74 Å². The Bertz CT molecular complexity index is 1460. The van der Waals surface area contributed by atoms with Crippen LogP contribution in [0.4, 0.5) is 33.7 Å². The molecule has 3 aliphatic rings. The normalized spacial score (nSPS) is 24.5. The van der Waals surface area contributed by atoms with Crippen molar-refractivity contribution in [2.75, 3.05) is 50.0 Å². The zero-order chi connectivity index (χ0) is 32.5. The number of para-hydroxylation sites is 1. The van der Waals surface area contributed by atoms with Crippen LogP contribution in [0.5, 0.6) is 5.75 Å². The maximum atomic E-state index is 15.8. The lowest BCUT2D eigenvalue weighted by molar-refractivity contribution is -0.197. The first-order chi connectivity index (χ1) is 21.3. The van der Waals surface area contributed by atoms with Crippen molar-refractivity contribution < 1.29 is 36.7 Å². The summed E-state index contributed by atoms with van der Waals surface area (Å²) in [6, 6.07) is 11.6. The number of nitrogens with one attached hydrogen (secondary N) is 2. The number of benzene rings is 2. The van der Waals surface area contributed by atoms with Crippen LogP contribution in [0.2, 0.25) is 0 Å². The van der Waals surface area contributed by atoms with Crippen molar-refractivity contribution in [2.24, 2.45) is 11.8 Å². The Labute approximate surface area is 259 Å². The van der Waals surface area contributed by atoms with Crippen molar-refractivity contribution >= 4 is 34.9 Å². The molecule has 2 N–H and O–H groups in total. The summed E-state index contributed by atoms with van der Waals surface area (Å²) < 4.78 is 62.8. The SMILES string of the molecule is C[C@@H]1CN(c2cc(F)c(C3=CCN(C(=O)Oc4ccccc4)CC3)cc2NC(=O)C2CNC(=O)CC2C(F)(F)F)C[C@H](C)N1C. The number of carbonyl (C=O) groups excluding carboxylic acids is 3. The highest BCUT2D eigenvalue weighted by Gasteiger charge is 2.50. The fourth-order valence-corrected chi connectivity index (χ4v) is 6.13. The van der Waals surface area contributed by atoms with Crippen molar-refractivity contribution in [3.63, 3.8) is 0 Å².